The fraction of sp³-hybridized carbons (Fsp3) is 0.0938. The molecule has 42 heavy (non-hydrogen) atoms. The SMILES string of the molecule is O=C1C(=O)N(c2nnc(SCc3ccccc3)s2)C(c2ccc(OCc3ccccc3)cc2)C1=C(O)c1ccncc1. The topological polar surface area (TPSA) is 106 Å². The second-order valence-corrected chi connectivity index (χ2v) is 11.6. The van der Waals surface area contributed by atoms with E-state index in [2.05, 4.69) is 15.2 Å². The number of Topliss-reactive ketones (excluding diaryl/α,β-unsaturated/α-hetero) is 1. The zero-order chi connectivity index (χ0) is 28.9. The summed E-state index contributed by atoms with van der Waals surface area (Å²) in [7, 11) is 0. The number of anilines is 1. The van der Waals surface area contributed by atoms with Crippen molar-refractivity contribution in [3.63, 3.8) is 0 Å². The summed E-state index contributed by atoms with van der Waals surface area (Å²) in [4.78, 5) is 32.2. The van der Waals surface area contributed by atoms with Gasteiger partial charge in [-0.15, -0.1) is 10.2 Å². The van der Waals surface area contributed by atoms with Crippen LogP contribution in [-0.2, 0) is 21.9 Å². The maximum atomic E-state index is 13.5. The molecule has 0 aliphatic carbocycles. The molecule has 8 nitrogen and oxygen atoms in total. The van der Waals surface area contributed by atoms with Crippen molar-refractivity contribution in [2.75, 3.05) is 4.90 Å². The molecule has 1 saturated heterocycles. The summed E-state index contributed by atoms with van der Waals surface area (Å²) >= 11 is 2.73. The first-order chi connectivity index (χ1) is 20.6. The van der Waals surface area contributed by atoms with E-state index in [1.54, 1.807) is 36.4 Å². The summed E-state index contributed by atoms with van der Waals surface area (Å²) in [6, 6.07) is 29.2. The molecule has 0 radical (unpaired) electrons. The molecule has 1 fully saturated rings. The van der Waals surface area contributed by atoms with E-state index in [-0.39, 0.29) is 16.5 Å². The molecular formula is C32H24N4O4S2. The predicted octanol–water partition coefficient (Wildman–Crippen LogP) is 6.43. The lowest BCUT2D eigenvalue weighted by atomic mass is 9.95. The van der Waals surface area contributed by atoms with Crippen LogP contribution in [0.25, 0.3) is 5.76 Å². The van der Waals surface area contributed by atoms with Crippen LogP contribution in [0, 0.1) is 0 Å². The van der Waals surface area contributed by atoms with Gasteiger partial charge in [0.15, 0.2) is 4.34 Å². The first-order valence-corrected chi connectivity index (χ1v) is 14.9. The van der Waals surface area contributed by atoms with E-state index in [9.17, 15) is 14.7 Å². The molecule has 1 atom stereocenters. The van der Waals surface area contributed by atoms with E-state index in [1.165, 1.54) is 40.4 Å². The Hall–Kier alpha value is -4.80. The largest absolute Gasteiger partial charge is 0.507 e. The number of ketones is 1. The minimum Gasteiger partial charge on any atom is -0.507 e. The highest BCUT2D eigenvalue weighted by atomic mass is 32.2. The molecule has 1 aliphatic rings. The van der Waals surface area contributed by atoms with Crippen molar-refractivity contribution in [3.05, 3.63) is 137 Å². The summed E-state index contributed by atoms with van der Waals surface area (Å²) in [6.07, 6.45) is 3.03. The molecule has 1 N–H and O–H groups in total. The van der Waals surface area contributed by atoms with Crippen LogP contribution < -0.4 is 9.64 Å². The smallest absolute Gasteiger partial charge is 0.301 e. The fourth-order valence-electron chi connectivity index (χ4n) is 4.58. The van der Waals surface area contributed by atoms with Crippen molar-refractivity contribution in [1.82, 2.24) is 15.2 Å². The second kappa shape index (κ2) is 12.4. The van der Waals surface area contributed by atoms with E-state index >= 15 is 0 Å². The fourth-order valence-corrected chi connectivity index (χ4v) is 6.40. The number of aromatic nitrogens is 3. The average molecular weight is 593 g/mol. The maximum absolute atomic E-state index is 13.5. The summed E-state index contributed by atoms with van der Waals surface area (Å²) in [6.45, 7) is 0.398. The number of nitrogens with zero attached hydrogens (tertiary/aromatic N) is 4. The highest BCUT2D eigenvalue weighted by Crippen LogP contribution is 2.44. The Labute approximate surface area is 250 Å². The lowest BCUT2D eigenvalue weighted by molar-refractivity contribution is -0.132. The number of aliphatic hydroxyl groups is 1. The molecule has 3 heterocycles. The van der Waals surface area contributed by atoms with Gasteiger partial charge in [0.1, 0.15) is 18.1 Å². The van der Waals surface area contributed by atoms with E-state index in [1.807, 2.05) is 60.7 Å². The molecule has 0 spiro atoms. The summed E-state index contributed by atoms with van der Waals surface area (Å²) < 4.78 is 6.60. The minimum atomic E-state index is -0.915. The Balaban J connectivity index is 1.33. The molecule has 3 aromatic carbocycles. The van der Waals surface area contributed by atoms with Crippen molar-refractivity contribution >= 4 is 45.7 Å². The van der Waals surface area contributed by atoms with Gasteiger partial charge in [-0.2, -0.15) is 0 Å². The van der Waals surface area contributed by atoms with E-state index < -0.39 is 17.7 Å². The highest BCUT2D eigenvalue weighted by Gasteiger charge is 2.48. The minimum absolute atomic E-state index is 0.0298. The number of amides is 1. The Morgan fingerprint density at radius 3 is 2.21 bits per heavy atom. The number of hydrogen-bond donors (Lipinski definition) is 1. The molecule has 208 valence electrons. The Morgan fingerprint density at radius 1 is 0.857 bits per heavy atom. The zero-order valence-electron chi connectivity index (χ0n) is 22.2. The summed E-state index contributed by atoms with van der Waals surface area (Å²) in [5.41, 5.74) is 3.13. The molecule has 1 aliphatic heterocycles. The molecule has 10 heteroatoms. The van der Waals surface area contributed by atoms with Crippen molar-refractivity contribution in [1.29, 1.82) is 0 Å². The first kappa shape index (κ1) is 27.4. The third kappa shape index (κ3) is 5.81. The van der Waals surface area contributed by atoms with Crippen molar-refractivity contribution in [2.24, 2.45) is 0 Å². The van der Waals surface area contributed by atoms with Crippen LogP contribution in [0.15, 0.2) is 119 Å². The van der Waals surface area contributed by atoms with Crippen LogP contribution in [0.4, 0.5) is 5.13 Å². The van der Waals surface area contributed by atoms with Crippen LogP contribution in [0.2, 0.25) is 0 Å². The molecule has 5 aromatic rings. The molecule has 6 rings (SSSR count). The number of ether oxygens (including phenoxy) is 1. The third-order valence-corrected chi connectivity index (χ3v) is 8.78. The van der Waals surface area contributed by atoms with Gasteiger partial charge >= 0.3 is 5.91 Å². The van der Waals surface area contributed by atoms with Gasteiger partial charge in [-0.05, 0) is 41.0 Å². The monoisotopic (exact) mass is 592 g/mol. The molecular weight excluding hydrogens is 569 g/mol. The number of benzene rings is 3. The van der Waals surface area contributed by atoms with Gasteiger partial charge in [0.05, 0.1) is 11.6 Å². The van der Waals surface area contributed by atoms with E-state index in [0.717, 1.165) is 11.1 Å². The van der Waals surface area contributed by atoms with Crippen molar-refractivity contribution in [3.8, 4) is 5.75 Å². The van der Waals surface area contributed by atoms with Crippen LogP contribution in [0.1, 0.15) is 28.3 Å². The molecule has 1 amide bonds. The summed E-state index contributed by atoms with van der Waals surface area (Å²) in [5.74, 6) is -0.548. The third-order valence-electron chi connectivity index (χ3n) is 6.65. The number of pyridine rings is 1. The van der Waals surface area contributed by atoms with E-state index in [4.69, 9.17) is 4.74 Å². The molecule has 2 aromatic heterocycles. The van der Waals surface area contributed by atoms with Gasteiger partial charge in [0.2, 0.25) is 5.13 Å². The number of carbonyl (C=O) groups excluding carboxylic acids is 2. The standard InChI is InChI=1S/C32H24N4O4S2/c37-28(24-15-17-33-18-16-24)26-27(23-11-13-25(14-12-23)40-19-21-7-3-1-4-8-21)36(30(39)29(26)38)31-34-35-32(42-31)41-20-22-9-5-2-6-10-22/h1-18,27,37H,19-20H2. The maximum Gasteiger partial charge on any atom is 0.301 e. The highest BCUT2D eigenvalue weighted by molar-refractivity contribution is 8.00. The molecule has 1 unspecified atom stereocenters. The number of carbonyl (C=O) groups is 2. The van der Waals surface area contributed by atoms with E-state index in [0.29, 0.717) is 33.6 Å². The Morgan fingerprint density at radius 2 is 1.52 bits per heavy atom. The Kier molecular flexibility index (Phi) is 8.07. The number of rotatable bonds is 9. The van der Waals surface area contributed by atoms with Crippen LogP contribution in [0.3, 0.4) is 0 Å². The van der Waals surface area contributed by atoms with Crippen molar-refractivity contribution < 1.29 is 19.4 Å². The van der Waals surface area contributed by atoms with Gasteiger partial charge in [-0.1, -0.05) is 95.9 Å². The molecule has 0 bridgehead atoms. The van der Waals surface area contributed by atoms with Gasteiger partial charge in [-0.25, -0.2) is 0 Å². The quantitative estimate of drug-likeness (QED) is 0.0686. The normalized spacial score (nSPS) is 16.1. The number of thioether (sulfide) groups is 1. The van der Waals surface area contributed by atoms with Gasteiger partial charge in [0.25, 0.3) is 5.78 Å². The lowest BCUT2D eigenvalue weighted by Crippen LogP contribution is -2.29. The average Bonchev–Trinajstić information content (AvgIpc) is 3.62. The Bertz CT molecular complexity index is 1730. The first-order valence-electron chi connectivity index (χ1n) is 13.1. The number of hydrogen-bond acceptors (Lipinski definition) is 9. The van der Waals surface area contributed by atoms with Gasteiger partial charge in [-0.3, -0.25) is 19.5 Å². The predicted molar refractivity (Wildman–Crippen MR) is 162 cm³/mol. The van der Waals surface area contributed by atoms with Gasteiger partial charge < -0.3 is 9.84 Å². The zero-order valence-corrected chi connectivity index (χ0v) is 23.8. The second-order valence-electron chi connectivity index (χ2n) is 9.37. The summed E-state index contributed by atoms with van der Waals surface area (Å²) in [5, 5.41) is 20.1. The van der Waals surface area contributed by atoms with Crippen molar-refractivity contribution in [2.45, 2.75) is 22.7 Å². The van der Waals surface area contributed by atoms with Crippen LogP contribution in [-0.4, -0.2) is 32.0 Å². The molecule has 0 saturated carbocycles. The lowest BCUT2D eigenvalue weighted by Gasteiger charge is -2.22. The van der Waals surface area contributed by atoms with Gasteiger partial charge in [0, 0.05) is 23.7 Å². The van der Waals surface area contributed by atoms with Crippen LogP contribution in [0.5, 0.6) is 5.75 Å². The van der Waals surface area contributed by atoms with Crippen LogP contribution >= 0.6 is 23.1 Å². The number of aliphatic hydroxyl groups excluding tert-OH is 1.